The van der Waals surface area contributed by atoms with E-state index in [1.165, 1.54) is 38.5 Å². The summed E-state index contributed by atoms with van der Waals surface area (Å²) in [6, 6.07) is 0.662. The third-order valence-corrected chi connectivity index (χ3v) is 3.47. The van der Waals surface area contributed by atoms with Gasteiger partial charge >= 0.3 is 0 Å². The summed E-state index contributed by atoms with van der Waals surface area (Å²) in [5, 5.41) is 3.56. The monoisotopic (exact) mass is 222 g/mol. The van der Waals surface area contributed by atoms with Crippen LogP contribution in [0, 0.1) is 13.8 Å². The quantitative estimate of drug-likeness (QED) is 0.799. The molecule has 1 N–H and O–H groups in total. The largest absolute Gasteiger partial charge is 0.444 e. The van der Waals surface area contributed by atoms with E-state index in [0.29, 0.717) is 6.04 Å². The number of nitrogens with zero attached hydrogens (tertiary/aromatic N) is 1. The predicted molar refractivity (Wildman–Crippen MR) is 64.3 cm³/mol. The van der Waals surface area contributed by atoms with E-state index in [2.05, 4.69) is 10.3 Å². The second-order valence-corrected chi connectivity index (χ2v) is 4.82. The van der Waals surface area contributed by atoms with E-state index < -0.39 is 0 Å². The number of oxazole rings is 1. The molecule has 0 bridgehead atoms. The minimum absolute atomic E-state index is 0.662. The van der Waals surface area contributed by atoms with Gasteiger partial charge in [-0.1, -0.05) is 25.7 Å². The second kappa shape index (κ2) is 5.48. The first-order valence-electron chi connectivity index (χ1n) is 6.42. The SMILES string of the molecule is Cc1nc(CNC2CCCCCC2)oc1C. The van der Waals surface area contributed by atoms with Crippen molar-refractivity contribution in [1.29, 1.82) is 0 Å². The molecule has 0 saturated heterocycles. The zero-order valence-corrected chi connectivity index (χ0v) is 10.4. The Hall–Kier alpha value is -0.830. The molecule has 0 radical (unpaired) electrons. The summed E-state index contributed by atoms with van der Waals surface area (Å²) >= 11 is 0. The number of nitrogens with one attached hydrogen (secondary N) is 1. The molecule has 0 unspecified atom stereocenters. The van der Waals surface area contributed by atoms with Gasteiger partial charge in [0.05, 0.1) is 12.2 Å². The van der Waals surface area contributed by atoms with E-state index in [0.717, 1.165) is 23.9 Å². The Balaban J connectivity index is 1.81. The molecule has 2 rings (SSSR count). The molecule has 1 fully saturated rings. The van der Waals surface area contributed by atoms with Crippen LogP contribution in [0.25, 0.3) is 0 Å². The lowest BCUT2D eigenvalue weighted by molar-refractivity contribution is 0.400. The second-order valence-electron chi connectivity index (χ2n) is 4.82. The van der Waals surface area contributed by atoms with Crippen LogP contribution in [-0.4, -0.2) is 11.0 Å². The fraction of sp³-hybridized carbons (Fsp3) is 0.769. The normalized spacial score (nSPS) is 18.6. The van der Waals surface area contributed by atoms with Gasteiger partial charge in [0.15, 0.2) is 0 Å². The van der Waals surface area contributed by atoms with E-state index in [-0.39, 0.29) is 0 Å². The zero-order chi connectivity index (χ0) is 11.4. The molecular weight excluding hydrogens is 200 g/mol. The maximum Gasteiger partial charge on any atom is 0.208 e. The lowest BCUT2D eigenvalue weighted by atomic mass is 10.1. The number of rotatable bonds is 3. The molecule has 1 saturated carbocycles. The highest BCUT2D eigenvalue weighted by Gasteiger charge is 2.13. The third kappa shape index (κ3) is 3.08. The minimum atomic E-state index is 0.662. The van der Waals surface area contributed by atoms with Gasteiger partial charge in [-0.3, -0.25) is 0 Å². The summed E-state index contributed by atoms with van der Waals surface area (Å²) in [5.41, 5.74) is 1.01. The molecule has 0 aliphatic heterocycles. The summed E-state index contributed by atoms with van der Waals surface area (Å²) in [4.78, 5) is 4.39. The summed E-state index contributed by atoms with van der Waals surface area (Å²) in [5.74, 6) is 1.77. The zero-order valence-electron chi connectivity index (χ0n) is 10.4. The number of aryl methyl sites for hydroxylation is 2. The Morgan fingerprint density at radius 1 is 1.19 bits per heavy atom. The van der Waals surface area contributed by atoms with Crippen LogP contribution in [0.5, 0.6) is 0 Å². The van der Waals surface area contributed by atoms with Gasteiger partial charge in [-0.2, -0.15) is 0 Å². The van der Waals surface area contributed by atoms with Crippen LogP contribution in [0.4, 0.5) is 0 Å². The highest BCUT2D eigenvalue weighted by molar-refractivity contribution is 5.05. The summed E-state index contributed by atoms with van der Waals surface area (Å²) in [7, 11) is 0. The first kappa shape index (κ1) is 11.6. The van der Waals surface area contributed by atoms with Crippen molar-refractivity contribution in [2.45, 2.75) is 65.0 Å². The fourth-order valence-electron chi connectivity index (χ4n) is 2.33. The van der Waals surface area contributed by atoms with Crippen LogP contribution in [0.15, 0.2) is 4.42 Å². The molecule has 1 aliphatic carbocycles. The molecule has 16 heavy (non-hydrogen) atoms. The molecule has 0 amide bonds. The Bertz CT molecular complexity index is 305. The van der Waals surface area contributed by atoms with Crippen LogP contribution in [0.1, 0.15) is 55.9 Å². The van der Waals surface area contributed by atoms with E-state index >= 15 is 0 Å². The first-order chi connectivity index (χ1) is 7.75. The van der Waals surface area contributed by atoms with E-state index in [1.54, 1.807) is 0 Å². The molecule has 1 aromatic rings. The lowest BCUT2D eigenvalue weighted by Crippen LogP contribution is -2.27. The summed E-state index contributed by atoms with van der Waals surface area (Å²) < 4.78 is 5.56. The van der Waals surface area contributed by atoms with Gasteiger partial charge in [-0.15, -0.1) is 0 Å². The van der Waals surface area contributed by atoms with Crippen LogP contribution < -0.4 is 5.32 Å². The Labute approximate surface area is 97.6 Å². The van der Waals surface area contributed by atoms with Gasteiger partial charge in [-0.05, 0) is 26.7 Å². The number of aromatic nitrogens is 1. The van der Waals surface area contributed by atoms with Crippen molar-refractivity contribution in [1.82, 2.24) is 10.3 Å². The van der Waals surface area contributed by atoms with E-state index in [4.69, 9.17) is 4.42 Å². The molecule has 0 spiro atoms. The molecule has 1 heterocycles. The van der Waals surface area contributed by atoms with Crippen molar-refractivity contribution in [2.75, 3.05) is 0 Å². The molecule has 0 aromatic carbocycles. The van der Waals surface area contributed by atoms with Crippen LogP contribution in [0.3, 0.4) is 0 Å². The van der Waals surface area contributed by atoms with Gasteiger partial charge in [-0.25, -0.2) is 4.98 Å². The van der Waals surface area contributed by atoms with Gasteiger partial charge in [0.2, 0.25) is 5.89 Å². The fourth-order valence-corrected chi connectivity index (χ4v) is 2.33. The molecule has 3 nitrogen and oxygen atoms in total. The van der Waals surface area contributed by atoms with E-state index in [1.807, 2.05) is 13.8 Å². The Kier molecular flexibility index (Phi) is 3.99. The standard InChI is InChI=1S/C13H22N2O/c1-10-11(2)16-13(15-10)9-14-12-7-5-3-4-6-8-12/h12,14H,3-9H2,1-2H3. The summed E-state index contributed by atoms with van der Waals surface area (Å²) in [6.45, 7) is 4.74. The van der Waals surface area contributed by atoms with E-state index in [9.17, 15) is 0 Å². The lowest BCUT2D eigenvalue weighted by Gasteiger charge is -2.14. The molecular formula is C13H22N2O. The van der Waals surface area contributed by atoms with Gasteiger partial charge < -0.3 is 9.73 Å². The average Bonchev–Trinajstić information content (AvgIpc) is 2.50. The van der Waals surface area contributed by atoms with Gasteiger partial charge in [0.1, 0.15) is 5.76 Å². The molecule has 3 heteroatoms. The molecule has 0 atom stereocenters. The van der Waals surface area contributed by atoms with Crippen molar-refractivity contribution < 1.29 is 4.42 Å². The van der Waals surface area contributed by atoms with Crippen molar-refractivity contribution in [3.63, 3.8) is 0 Å². The van der Waals surface area contributed by atoms with Crippen LogP contribution in [0.2, 0.25) is 0 Å². The third-order valence-electron chi connectivity index (χ3n) is 3.47. The number of hydrogen-bond donors (Lipinski definition) is 1. The van der Waals surface area contributed by atoms with Crippen molar-refractivity contribution >= 4 is 0 Å². The first-order valence-corrected chi connectivity index (χ1v) is 6.42. The topological polar surface area (TPSA) is 38.1 Å². The molecule has 90 valence electrons. The minimum Gasteiger partial charge on any atom is -0.444 e. The average molecular weight is 222 g/mol. The van der Waals surface area contributed by atoms with Gasteiger partial charge in [0.25, 0.3) is 0 Å². The smallest absolute Gasteiger partial charge is 0.208 e. The van der Waals surface area contributed by atoms with Crippen LogP contribution in [-0.2, 0) is 6.54 Å². The molecule has 1 aliphatic rings. The predicted octanol–water partition coefficient (Wildman–Crippen LogP) is 3.10. The highest BCUT2D eigenvalue weighted by atomic mass is 16.4. The van der Waals surface area contributed by atoms with Crippen molar-refractivity contribution in [3.8, 4) is 0 Å². The van der Waals surface area contributed by atoms with Crippen LogP contribution >= 0.6 is 0 Å². The van der Waals surface area contributed by atoms with Crippen molar-refractivity contribution in [2.24, 2.45) is 0 Å². The highest BCUT2D eigenvalue weighted by Crippen LogP contribution is 2.17. The Morgan fingerprint density at radius 3 is 2.44 bits per heavy atom. The Morgan fingerprint density at radius 2 is 1.88 bits per heavy atom. The van der Waals surface area contributed by atoms with Crippen molar-refractivity contribution in [3.05, 3.63) is 17.3 Å². The molecule has 1 aromatic heterocycles. The summed E-state index contributed by atoms with van der Waals surface area (Å²) in [6.07, 6.45) is 8.13. The number of hydrogen-bond acceptors (Lipinski definition) is 3. The maximum atomic E-state index is 5.56. The van der Waals surface area contributed by atoms with Gasteiger partial charge in [0, 0.05) is 6.04 Å². The maximum absolute atomic E-state index is 5.56.